The van der Waals surface area contributed by atoms with E-state index in [-0.39, 0.29) is 23.8 Å². The number of amides is 3. The monoisotopic (exact) mass is 427 g/mol. The number of nitrogens with one attached hydrogen (secondary N) is 2. The first-order valence-corrected chi connectivity index (χ1v) is 10.1. The molecule has 156 valence electrons. The number of ether oxygens (including phenoxy) is 1. The Hall–Kier alpha value is -3.06. The third-order valence-electron chi connectivity index (χ3n) is 5.54. The Morgan fingerprint density at radius 3 is 2.53 bits per heavy atom. The largest absolute Gasteiger partial charge is 0.497 e. The van der Waals surface area contributed by atoms with E-state index in [4.69, 9.17) is 16.3 Å². The van der Waals surface area contributed by atoms with Crippen molar-refractivity contribution in [2.75, 3.05) is 13.7 Å². The first-order valence-electron chi connectivity index (χ1n) is 9.75. The van der Waals surface area contributed by atoms with Crippen LogP contribution in [-0.2, 0) is 16.0 Å². The number of nitrogens with zero attached hydrogens (tertiary/aromatic N) is 1. The smallest absolute Gasteiger partial charge is 0.251 e. The van der Waals surface area contributed by atoms with Gasteiger partial charge in [-0.2, -0.15) is 0 Å². The molecule has 2 aliphatic rings. The molecule has 2 fully saturated rings. The van der Waals surface area contributed by atoms with Gasteiger partial charge in [-0.3, -0.25) is 14.4 Å². The number of piperazine rings is 1. The molecule has 0 spiro atoms. The fraction of sp³-hybridized carbons (Fsp3) is 0.318. The van der Waals surface area contributed by atoms with Crippen LogP contribution in [0.4, 0.5) is 0 Å². The Kier molecular flexibility index (Phi) is 5.63. The van der Waals surface area contributed by atoms with Crippen LogP contribution in [-0.4, -0.2) is 54.4 Å². The van der Waals surface area contributed by atoms with Gasteiger partial charge in [-0.25, -0.2) is 0 Å². The highest BCUT2D eigenvalue weighted by Crippen LogP contribution is 2.24. The van der Waals surface area contributed by atoms with Gasteiger partial charge < -0.3 is 20.3 Å². The molecule has 0 unspecified atom stereocenters. The van der Waals surface area contributed by atoms with Crippen LogP contribution in [0.3, 0.4) is 0 Å². The SMILES string of the molecule is COc1ccc(C(=O)N[C@H]2C[C@H]3C(=O)N[C@@H](Cc4ccc(Cl)cc4)C(=O)N3C2)cc1. The standard InChI is InChI=1S/C22H22ClN3O4/c1-30-17-8-4-14(5-9-17)20(27)24-16-11-19-21(28)25-18(22(29)26(19)12-16)10-13-2-6-15(23)7-3-13/h2-9,16,18-19H,10-12H2,1H3,(H,24,27)(H,25,28)/t16-,18-,19-/m0/s1. The minimum Gasteiger partial charge on any atom is -0.497 e. The molecule has 2 N–H and O–H groups in total. The van der Waals surface area contributed by atoms with Gasteiger partial charge >= 0.3 is 0 Å². The number of benzene rings is 2. The lowest BCUT2D eigenvalue weighted by Gasteiger charge is -2.34. The van der Waals surface area contributed by atoms with Crippen LogP contribution < -0.4 is 15.4 Å². The predicted octanol–water partition coefficient (Wildman–Crippen LogP) is 1.79. The van der Waals surface area contributed by atoms with Crippen molar-refractivity contribution in [3.05, 3.63) is 64.7 Å². The molecule has 0 bridgehead atoms. The van der Waals surface area contributed by atoms with Gasteiger partial charge in [-0.1, -0.05) is 23.7 Å². The van der Waals surface area contributed by atoms with Gasteiger partial charge in [0.05, 0.1) is 7.11 Å². The van der Waals surface area contributed by atoms with Gasteiger partial charge in [0.2, 0.25) is 11.8 Å². The maximum Gasteiger partial charge on any atom is 0.251 e. The van der Waals surface area contributed by atoms with E-state index in [0.717, 1.165) is 5.56 Å². The van der Waals surface area contributed by atoms with Crippen molar-refractivity contribution in [2.24, 2.45) is 0 Å². The molecular weight excluding hydrogens is 406 g/mol. The molecule has 8 heteroatoms. The first kappa shape index (κ1) is 20.2. The van der Waals surface area contributed by atoms with Crippen LogP contribution in [0.5, 0.6) is 5.75 Å². The van der Waals surface area contributed by atoms with Crippen molar-refractivity contribution in [1.82, 2.24) is 15.5 Å². The summed E-state index contributed by atoms with van der Waals surface area (Å²) in [6, 6.07) is 12.5. The quantitative estimate of drug-likeness (QED) is 0.761. The Bertz CT molecular complexity index is 961. The van der Waals surface area contributed by atoms with Crippen molar-refractivity contribution in [3.8, 4) is 5.75 Å². The number of methoxy groups -OCH3 is 1. The summed E-state index contributed by atoms with van der Waals surface area (Å²) >= 11 is 5.91. The highest BCUT2D eigenvalue weighted by atomic mass is 35.5. The topological polar surface area (TPSA) is 87.7 Å². The molecular formula is C22H22ClN3O4. The van der Waals surface area contributed by atoms with E-state index >= 15 is 0 Å². The molecule has 2 aromatic carbocycles. The van der Waals surface area contributed by atoms with Crippen LogP contribution >= 0.6 is 11.6 Å². The van der Waals surface area contributed by atoms with Gasteiger partial charge in [-0.15, -0.1) is 0 Å². The minimum atomic E-state index is -0.619. The molecule has 30 heavy (non-hydrogen) atoms. The second kappa shape index (κ2) is 8.36. The summed E-state index contributed by atoms with van der Waals surface area (Å²) in [7, 11) is 1.56. The summed E-state index contributed by atoms with van der Waals surface area (Å²) in [4.78, 5) is 39.7. The molecule has 0 aliphatic carbocycles. The molecule has 7 nitrogen and oxygen atoms in total. The maximum atomic E-state index is 13.0. The second-order valence-corrected chi connectivity index (χ2v) is 7.97. The van der Waals surface area contributed by atoms with Gasteiger partial charge in [0, 0.05) is 29.6 Å². The van der Waals surface area contributed by atoms with Gasteiger partial charge in [-0.05, 0) is 48.4 Å². The average Bonchev–Trinajstić information content (AvgIpc) is 3.18. The molecule has 4 rings (SSSR count). The van der Waals surface area contributed by atoms with E-state index < -0.39 is 12.1 Å². The number of rotatable bonds is 5. The molecule has 3 amide bonds. The fourth-order valence-corrected chi connectivity index (χ4v) is 4.09. The second-order valence-electron chi connectivity index (χ2n) is 7.53. The lowest BCUT2D eigenvalue weighted by atomic mass is 10.0. The molecule has 2 aliphatic heterocycles. The Balaban J connectivity index is 1.40. The van der Waals surface area contributed by atoms with E-state index in [0.29, 0.717) is 35.7 Å². The van der Waals surface area contributed by atoms with E-state index in [2.05, 4.69) is 10.6 Å². The molecule has 2 aromatic rings. The summed E-state index contributed by atoms with van der Waals surface area (Å²) in [5, 5.41) is 6.38. The molecule has 3 atom stereocenters. The zero-order valence-corrected chi connectivity index (χ0v) is 17.2. The number of hydrogen-bond donors (Lipinski definition) is 2. The summed E-state index contributed by atoms with van der Waals surface area (Å²) < 4.78 is 5.10. The average molecular weight is 428 g/mol. The van der Waals surface area contributed by atoms with E-state index in [1.165, 1.54) is 0 Å². The van der Waals surface area contributed by atoms with Crippen LogP contribution in [0.15, 0.2) is 48.5 Å². The zero-order chi connectivity index (χ0) is 21.3. The van der Waals surface area contributed by atoms with Crippen LogP contribution in [0, 0.1) is 0 Å². The Labute approximate surface area is 179 Å². The normalized spacial score (nSPS) is 23.0. The lowest BCUT2D eigenvalue weighted by Crippen LogP contribution is -2.61. The number of hydrogen-bond acceptors (Lipinski definition) is 4. The molecule has 0 aromatic heterocycles. The van der Waals surface area contributed by atoms with Gasteiger partial charge in [0.25, 0.3) is 5.91 Å². The first-order chi connectivity index (χ1) is 14.4. The van der Waals surface area contributed by atoms with Crippen LogP contribution in [0.1, 0.15) is 22.3 Å². The van der Waals surface area contributed by atoms with Crippen molar-refractivity contribution in [3.63, 3.8) is 0 Å². The maximum absolute atomic E-state index is 13.0. The number of halogens is 1. The van der Waals surface area contributed by atoms with Crippen molar-refractivity contribution in [2.45, 2.75) is 31.0 Å². The summed E-state index contributed by atoms with van der Waals surface area (Å²) in [5.41, 5.74) is 1.41. The van der Waals surface area contributed by atoms with Gasteiger partial charge in [0.1, 0.15) is 17.8 Å². The highest BCUT2D eigenvalue weighted by Gasteiger charge is 2.46. The molecule has 0 saturated carbocycles. The van der Waals surface area contributed by atoms with E-state index in [1.54, 1.807) is 48.4 Å². The third-order valence-corrected chi connectivity index (χ3v) is 5.79. The van der Waals surface area contributed by atoms with Gasteiger partial charge in [0.15, 0.2) is 0 Å². The van der Waals surface area contributed by atoms with E-state index in [9.17, 15) is 14.4 Å². The van der Waals surface area contributed by atoms with E-state index in [1.807, 2.05) is 12.1 Å². The molecule has 2 saturated heterocycles. The highest BCUT2D eigenvalue weighted by molar-refractivity contribution is 6.30. The Morgan fingerprint density at radius 1 is 1.17 bits per heavy atom. The summed E-state index contributed by atoms with van der Waals surface area (Å²) in [6.45, 7) is 0.315. The number of carbonyl (C=O) groups is 3. The van der Waals surface area contributed by atoms with Crippen molar-refractivity contribution < 1.29 is 19.1 Å². The van der Waals surface area contributed by atoms with Crippen molar-refractivity contribution >= 4 is 29.3 Å². The fourth-order valence-electron chi connectivity index (χ4n) is 3.97. The zero-order valence-electron chi connectivity index (χ0n) is 16.4. The predicted molar refractivity (Wildman–Crippen MR) is 111 cm³/mol. The van der Waals surface area contributed by atoms with Crippen molar-refractivity contribution in [1.29, 1.82) is 0 Å². The molecule has 2 heterocycles. The number of carbonyl (C=O) groups excluding carboxylic acids is 3. The number of fused-ring (bicyclic) bond motifs is 1. The lowest BCUT2D eigenvalue weighted by molar-refractivity contribution is -0.147. The van der Waals surface area contributed by atoms with Crippen LogP contribution in [0.25, 0.3) is 0 Å². The van der Waals surface area contributed by atoms with Crippen LogP contribution in [0.2, 0.25) is 5.02 Å². The summed E-state index contributed by atoms with van der Waals surface area (Å²) in [6.07, 6.45) is 0.793. The molecule has 0 radical (unpaired) electrons. The Morgan fingerprint density at radius 2 is 1.87 bits per heavy atom. The third kappa shape index (κ3) is 4.11. The minimum absolute atomic E-state index is 0.129. The summed E-state index contributed by atoms with van der Waals surface area (Å²) in [5.74, 6) is 0.108.